The summed E-state index contributed by atoms with van der Waals surface area (Å²) in [6, 6.07) is 15.5. The third-order valence-electron chi connectivity index (χ3n) is 4.22. The summed E-state index contributed by atoms with van der Waals surface area (Å²) in [5.41, 5.74) is 3.83. The molecule has 26 heavy (non-hydrogen) atoms. The molecule has 0 saturated carbocycles. The van der Waals surface area contributed by atoms with Crippen molar-refractivity contribution >= 4 is 13.3 Å². The monoisotopic (exact) mass is 370 g/mol. The van der Waals surface area contributed by atoms with Crippen LogP contribution in [0.3, 0.4) is 0 Å². The highest BCUT2D eigenvalue weighted by atomic mass is 28.3. The molecule has 2 aromatic rings. The van der Waals surface area contributed by atoms with Gasteiger partial charge in [0, 0.05) is 13.1 Å². The molecule has 0 amide bonds. The second-order valence-corrected chi connectivity index (χ2v) is 13.8. The highest BCUT2D eigenvalue weighted by molar-refractivity contribution is 6.88. The Bertz CT molecular complexity index is 692. The highest BCUT2D eigenvalue weighted by Gasteiger charge is 2.16. The van der Waals surface area contributed by atoms with Crippen LogP contribution in [-0.4, -0.2) is 46.1 Å². The summed E-state index contributed by atoms with van der Waals surface area (Å²) in [6.45, 7) is 9.60. The number of nitrogens with zero attached hydrogens (tertiary/aromatic N) is 2. The van der Waals surface area contributed by atoms with E-state index in [4.69, 9.17) is 4.74 Å². The maximum atomic E-state index is 6.18. The van der Waals surface area contributed by atoms with Crippen molar-refractivity contribution in [1.82, 2.24) is 9.80 Å². The van der Waals surface area contributed by atoms with Gasteiger partial charge in [-0.2, -0.15) is 0 Å². The Labute approximate surface area is 160 Å². The minimum Gasteiger partial charge on any atom is -0.489 e. The van der Waals surface area contributed by atoms with E-state index in [1.807, 2.05) is 0 Å². The van der Waals surface area contributed by atoms with Crippen LogP contribution in [0.15, 0.2) is 42.5 Å². The van der Waals surface area contributed by atoms with Gasteiger partial charge in [-0.05, 0) is 57.0 Å². The smallest absolute Gasteiger partial charge is 0.120 e. The molecule has 0 aliphatic rings. The van der Waals surface area contributed by atoms with E-state index in [1.54, 1.807) is 0 Å². The molecule has 0 unspecified atom stereocenters. The Morgan fingerprint density at radius 1 is 0.769 bits per heavy atom. The molecule has 2 aromatic carbocycles. The summed E-state index contributed by atoms with van der Waals surface area (Å²) in [6.07, 6.45) is 0. The molecule has 0 heterocycles. The van der Waals surface area contributed by atoms with Crippen LogP contribution in [0.2, 0.25) is 19.6 Å². The van der Waals surface area contributed by atoms with Crippen molar-refractivity contribution in [1.29, 1.82) is 0 Å². The number of hydrogen-bond acceptors (Lipinski definition) is 3. The van der Waals surface area contributed by atoms with Crippen LogP contribution in [0.25, 0.3) is 0 Å². The first-order chi connectivity index (χ1) is 12.1. The van der Waals surface area contributed by atoms with E-state index >= 15 is 0 Å². The Morgan fingerprint density at radius 3 is 1.85 bits per heavy atom. The molecule has 3 nitrogen and oxygen atoms in total. The van der Waals surface area contributed by atoms with Crippen LogP contribution in [0.4, 0.5) is 0 Å². The topological polar surface area (TPSA) is 15.7 Å². The van der Waals surface area contributed by atoms with Crippen molar-refractivity contribution in [2.24, 2.45) is 0 Å². The number of rotatable bonds is 8. The molecule has 4 heteroatoms. The normalized spacial score (nSPS) is 12.0. The average Bonchev–Trinajstić information content (AvgIpc) is 2.51. The van der Waals surface area contributed by atoms with Gasteiger partial charge in [0.2, 0.25) is 0 Å². The molecular weight excluding hydrogens is 336 g/mol. The second-order valence-electron chi connectivity index (χ2n) is 8.70. The third kappa shape index (κ3) is 6.59. The molecule has 0 fully saturated rings. The van der Waals surface area contributed by atoms with Gasteiger partial charge in [-0.3, -0.25) is 0 Å². The van der Waals surface area contributed by atoms with Gasteiger partial charge in [-0.25, -0.2) is 0 Å². The Kier molecular flexibility index (Phi) is 7.04. The maximum absolute atomic E-state index is 6.18. The third-order valence-corrected chi connectivity index (χ3v) is 6.27. The average molecular weight is 371 g/mol. The second kappa shape index (κ2) is 8.85. The van der Waals surface area contributed by atoms with Crippen LogP contribution in [0.1, 0.15) is 16.7 Å². The fourth-order valence-electron chi connectivity index (χ4n) is 3.02. The van der Waals surface area contributed by atoms with Crippen molar-refractivity contribution in [2.45, 2.75) is 39.3 Å². The van der Waals surface area contributed by atoms with E-state index in [0.29, 0.717) is 6.61 Å². The maximum Gasteiger partial charge on any atom is 0.120 e. The largest absolute Gasteiger partial charge is 0.489 e. The molecule has 0 aliphatic heterocycles. The first-order valence-electron chi connectivity index (χ1n) is 9.28. The number of ether oxygens (including phenoxy) is 1. The lowest BCUT2D eigenvalue weighted by molar-refractivity contribution is 0.304. The molecule has 0 aliphatic carbocycles. The van der Waals surface area contributed by atoms with Crippen molar-refractivity contribution in [3.63, 3.8) is 0 Å². The van der Waals surface area contributed by atoms with Gasteiger partial charge >= 0.3 is 0 Å². The zero-order valence-corrected chi connectivity index (χ0v) is 18.5. The summed E-state index contributed by atoms with van der Waals surface area (Å²) in [4.78, 5) is 4.38. The molecule has 142 valence electrons. The summed E-state index contributed by atoms with van der Waals surface area (Å²) >= 11 is 0. The fraction of sp³-hybridized carbons (Fsp3) is 0.455. The zero-order chi connectivity index (χ0) is 19.3. The van der Waals surface area contributed by atoms with E-state index in [-0.39, 0.29) is 0 Å². The van der Waals surface area contributed by atoms with Gasteiger partial charge in [0.05, 0.1) is 8.07 Å². The van der Waals surface area contributed by atoms with Crippen molar-refractivity contribution < 1.29 is 4.74 Å². The quantitative estimate of drug-likeness (QED) is 0.655. The number of benzene rings is 2. The van der Waals surface area contributed by atoms with E-state index in [1.165, 1.54) is 21.9 Å². The molecule has 0 N–H and O–H groups in total. The van der Waals surface area contributed by atoms with E-state index in [9.17, 15) is 0 Å². The van der Waals surface area contributed by atoms with Gasteiger partial charge < -0.3 is 14.5 Å². The predicted molar refractivity (Wildman–Crippen MR) is 115 cm³/mol. The number of hydrogen-bond donors (Lipinski definition) is 0. The van der Waals surface area contributed by atoms with E-state index in [0.717, 1.165) is 18.8 Å². The SMILES string of the molecule is CN(C)Cc1cc(CN(C)C)cc(OCc2cccc([Si](C)(C)C)c2)c1. The van der Waals surface area contributed by atoms with Crippen molar-refractivity contribution in [3.05, 3.63) is 59.2 Å². The standard InChI is InChI=1S/C22H34N2OSi/c1-23(2)15-19-11-20(16-24(3)4)13-21(12-19)25-17-18-9-8-10-22(14-18)26(5,6)7/h8-14H,15-17H2,1-7H3. The van der Waals surface area contributed by atoms with Gasteiger partial charge in [-0.1, -0.05) is 55.2 Å². The lowest BCUT2D eigenvalue weighted by atomic mass is 10.1. The van der Waals surface area contributed by atoms with Crippen LogP contribution >= 0.6 is 0 Å². The van der Waals surface area contributed by atoms with Gasteiger partial charge in [-0.15, -0.1) is 0 Å². The van der Waals surface area contributed by atoms with E-state index < -0.39 is 8.07 Å². The lowest BCUT2D eigenvalue weighted by Crippen LogP contribution is -2.37. The first kappa shape index (κ1) is 20.7. The fourth-order valence-corrected chi connectivity index (χ4v) is 4.23. The Hall–Kier alpha value is -1.62. The molecular formula is C22H34N2OSi. The zero-order valence-electron chi connectivity index (χ0n) is 17.5. The minimum atomic E-state index is -1.29. The summed E-state index contributed by atoms with van der Waals surface area (Å²) in [7, 11) is 7.10. The summed E-state index contributed by atoms with van der Waals surface area (Å²) in [5, 5.41) is 1.48. The van der Waals surface area contributed by atoms with Crippen LogP contribution in [0, 0.1) is 0 Å². The summed E-state index contributed by atoms with van der Waals surface area (Å²) in [5.74, 6) is 0.958. The van der Waals surface area contributed by atoms with Crippen molar-refractivity contribution in [3.8, 4) is 5.75 Å². The minimum absolute atomic E-state index is 0.616. The highest BCUT2D eigenvalue weighted by Crippen LogP contribution is 2.20. The molecule has 0 radical (unpaired) electrons. The van der Waals surface area contributed by atoms with Crippen molar-refractivity contribution in [2.75, 3.05) is 28.2 Å². The van der Waals surface area contributed by atoms with Crippen LogP contribution < -0.4 is 9.92 Å². The lowest BCUT2D eigenvalue weighted by Gasteiger charge is -2.18. The molecule has 0 aromatic heterocycles. The first-order valence-corrected chi connectivity index (χ1v) is 12.8. The van der Waals surface area contributed by atoms with Gasteiger partial charge in [0.1, 0.15) is 12.4 Å². The Morgan fingerprint density at radius 2 is 1.35 bits per heavy atom. The van der Waals surface area contributed by atoms with Crippen LogP contribution in [0.5, 0.6) is 5.75 Å². The van der Waals surface area contributed by atoms with Gasteiger partial charge in [0.25, 0.3) is 0 Å². The molecule has 0 bridgehead atoms. The predicted octanol–water partition coefficient (Wildman–Crippen LogP) is 3.93. The van der Waals surface area contributed by atoms with Gasteiger partial charge in [0.15, 0.2) is 0 Å². The van der Waals surface area contributed by atoms with Crippen LogP contribution in [-0.2, 0) is 19.7 Å². The molecule has 0 saturated heterocycles. The Balaban J connectivity index is 2.17. The molecule has 0 spiro atoms. The molecule has 2 rings (SSSR count). The molecule has 0 atom stereocenters. The van der Waals surface area contributed by atoms with E-state index in [2.05, 4.69) is 100 Å². The summed E-state index contributed by atoms with van der Waals surface area (Å²) < 4.78 is 6.18.